The Hall–Kier alpha value is -6.50. The summed E-state index contributed by atoms with van der Waals surface area (Å²) < 4.78 is 21.4. The number of anilines is 1. The van der Waals surface area contributed by atoms with Crippen molar-refractivity contribution in [2.45, 2.75) is 57.5 Å². The van der Waals surface area contributed by atoms with Gasteiger partial charge in [-0.05, 0) is 95.3 Å². The number of aromatic nitrogens is 2. The zero-order valence-corrected chi connectivity index (χ0v) is 34.7. The van der Waals surface area contributed by atoms with Crippen LogP contribution in [-0.2, 0) is 22.6 Å². The number of aliphatic hydroxyl groups excluding tert-OH is 1. The summed E-state index contributed by atoms with van der Waals surface area (Å²) in [5.74, 6) is 1.49. The summed E-state index contributed by atoms with van der Waals surface area (Å²) >= 11 is 0. The number of piperidine rings is 1. The van der Waals surface area contributed by atoms with Crippen LogP contribution in [0.2, 0.25) is 0 Å². The van der Waals surface area contributed by atoms with Crippen molar-refractivity contribution in [2.75, 3.05) is 25.0 Å². The number of aromatic amines is 1. The van der Waals surface area contributed by atoms with Gasteiger partial charge in [-0.25, -0.2) is 9.59 Å². The van der Waals surface area contributed by atoms with Crippen LogP contribution in [0.25, 0.3) is 22.2 Å². The number of ether oxygens (including phenoxy) is 3. The molecule has 0 spiro atoms. The Bertz CT molecular complexity index is 2640. The van der Waals surface area contributed by atoms with Crippen LogP contribution in [0.15, 0.2) is 156 Å². The maximum absolute atomic E-state index is 12.9. The lowest BCUT2D eigenvalue weighted by molar-refractivity contribution is -0.276. The Morgan fingerprint density at radius 3 is 2.23 bits per heavy atom. The van der Waals surface area contributed by atoms with Crippen LogP contribution in [0.5, 0.6) is 11.5 Å². The topological polar surface area (TPSA) is 130 Å². The molecule has 0 aliphatic carbocycles. The Labute approximate surface area is 360 Å². The van der Waals surface area contributed by atoms with Crippen LogP contribution >= 0.6 is 0 Å². The van der Waals surface area contributed by atoms with Crippen molar-refractivity contribution in [3.8, 4) is 22.6 Å². The van der Waals surface area contributed by atoms with E-state index in [9.17, 15) is 14.7 Å². The molecular weight excluding hydrogens is 779 g/mol. The summed E-state index contributed by atoms with van der Waals surface area (Å²) in [6.45, 7) is 5.00. The number of rotatable bonds is 12. The minimum atomic E-state index is -0.586. The van der Waals surface area contributed by atoms with Crippen LogP contribution < -0.4 is 21.1 Å². The van der Waals surface area contributed by atoms with Crippen molar-refractivity contribution in [3.05, 3.63) is 184 Å². The Balaban J connectivity index is 0.841. The Morgan fingerprint density at radius 2 is 1.47 bits per heavy atom. The molecule has 6 aromatic carbocycles. The highest BCUT2D eigenvalue weighted by Crippen LogP contribution is 2.42. The zero-order valence-electron chi connectivity index (χ0n) is 34.7. The number of carbonyl (C=O) groups excluding carboxylic acids is 1. The smallest absolute Gasteiger partial charge is 0.326 e. The van der Waals surface area contributed by atoms with Crippen LogP contribution in [0.1, 0.15) is 60.5 Å². The predicted octanol–water partition coefficient (Wildman–Crippen LogP) is 9.73. The van der Waals surface area contributed by atoms with Crippen molar-refractivity contribution in [2.24, 2.45) is 5.92 Å². The molecule has 62 heavy (non-hydrogen) atoms. The van der Waals surface area contributed by atoms with E-state index in [1.54, 1.807) is 0 Å². The van der Waals surface area contributed by atoms with Gasteiger partial charge < -0.3 is 39.8 Å². The van der Waals surface area contributed by atoms with Gasteiger partial charge in [0.2, 0.25) is 0 Å². The van der Waals surface area contributed by atoms with Gasteiger partial charge >= 0.3 is 11.7 Å². The number of nitrogens with one attached hydrogen (secondary N) is 3. The fourth-order valence-electron chi connectivity index (χ4n) is 8.66. The number of hydrogen-bond donors (Lipinski definition) is 4. The number of aliphatic hydroxyl groups is 1. The number of likely N-dealkylation sites (tertiary alicyclic amines) is 1. The fraction of sp³-hybridized carbons (Fsp3) is 0.255. The van der Waals surface area contributed by atoms with E-state index in [1.165, 1.54) is 0 Å². The summed E-state index contributed by atoms with van der Waals surface area (Å²) in [5, 5.41) is 15.6. The highest BCUT2D eigenvalue weighted by Gasteiger charge is 2.39. The zero-order chi connectivity index (χ0) is 42.4. The van der Waals surface area contributed by atoms with Gasteiger partial charge in [-0.1, -0.05) is 104 Å². The number of amides is 2. The molecule has 0 bridgehead atoms. The standard InChI is InChI=1S/C51H51N5O6/c1-34-47(32-55-28-26-42(27-29-55)56-46-13-6-5-12-45(46)54-51(56)59)61-49(62-48(34)38-16-14-35(33-57)15-17-38)39-20-18-37(19-21-39)40-9-7-8-36(30-40)31-52-50(58)53-41-22-24-44(25-23-41)60-43-10-3-2-4-11-43/h2-25,30,34,42,47-49,57H,26-29,31-33H2,1H3,(H,54,59)(H2,52,53,58). The van der Waals surface area contributed by atoms with E-state index in [1.807, 2.05) is 120 Å². The van der Waals surface area contributed by atoms with E-state index in [2.05, 4.69) is 63.8 Å². The van der Waals surface area contributed by atoms with Gasteiger partial charge in [0.25, 0.3) is 0 Å². The maximum atomic E-state index is 12.9. The lowest BCUT2D eigenvalue weighted by Crippen LogP contribution is -2.47. The molecule has 1 aromatic heterocycles. The lowest BCUT2D eigenvalue weighted by atomic mass is 9.89. The molecule has 2 amide bonds. The molecule has 2 saturated heterocycles. The third-order valence-corrected chi connectivity index (χ3v) is 12.1. The van der Waals surface area contributed by atoms with E-state index in [0.717, 1.165) is 82.6 Å². The molecule has 2 aliphatic heterocycles. The van der Waals surface area contributed by atoms with Crippen LogP contribution in [0.3, 0.4) is 0 Å². The van der Waals surface area contributed by atoms with Gasteiger partial charge in [-0.3, -0.25) is 4.57 Å². The molecule has 0 saturated carbocycles. The maximum Gasteiger partial charge on any atom is 0.326 e. The first kappa shape index (κ1) is 40.9. The number of H-pyrrole nitrogens is 1. The molecule has 4 atom stereocenters. The number of urea groups is 1. The van der Waals surface area contributed by atoms with Crippen molar-refractivity contribution < 1.29 is 24.1 Å². The van der Waals surface area contributed by atoms with Gasteiger partial charge in [-0.2, -0.15) is 0 Å². The summed E-state index contributed by atoms with van der Waals surface area (Å²) in [7, 11) is 0. The van der Waals surface area contributed by atoms with Crippen LogP contribution in [-0.4, -0.2) is 51.3 Å². The molecule has 0 radical (unpaired) electrons. The summed E-state index contributed by atoms with van der Waals surface area (Å²) in [6.07, 6.45) is 0.833. The van der Waals surface area contributed by atoms with Crippen LogP contribution in [0.4, 0.5) is 10.5 Å². The second kappa shape index (κ2) is 18.6. The number of benzene rings is 6. The molecule has 3 heterocycles. The molecule has 7 aromatic rings. The summed E-state index contributed by atoms with van der Waals surface area (Å²) in [4.78, 5) is 31.2. The van der Waals surface area contributed by atoms with Gasteiger partial charge in [0.15, 0.2) is 6.29 Å². The molecule has 316 valence electrons. The lowest BCUT2D eigenvalue weighted by Gasteiger charge is -2.44. The third-order valence-electron chi connectivity index (χ3n) is 12.1. The normalized spacial score (nSPS) is 19.6. The van der Waals surface area contributed by atoms with Crippen molar-refractivity contribution in [3.63, 3.8) is 0 Å². The van der Waals surface area contributed by atoms with E-state index in [0.29, 0.717) is 18.0 Å². The molecular formula is C51H51N5O6. The molecule has 9 rings (SSSR count). The number of fused-ring (bicyclic) bond motifs is 1. The van der Waals surface area contributed by atoms with Crippen molar-refractivity contribution in [1.82, 2.24) is 19.8 Å². The van der Waals surface area contributed by atoms with Gasteiger partial charge in [-0.15, -0.1) is 0 Å². The quantitative estimate of drug-likeness (QED) is 0.0965. The second-order valence-corrected chi connectivity index (χ2v) is 16.2. The number of hydrogen-bond acceptors (Lipinski definition) is 7. The summed E-state index contributed by atoms with van der Waals surface area (Å²) in [5.41, 5.74) is 8.31. The molecule has 2 aliphatic rings. The van der Waals surface area contributed by atoms with E-state index in [-0.39, 0.29) is 42.5 Å². The van der Waals surface area contributed by atoms with Gasteiger partial charge in [0, 0.05) is 49.4 Å². The average molecular weight is 830 g/mol. The minimum Gasteiger partial charge on any atom is -0.457 e. The highest BCUT2D eigenvalue weighted by molar-refractivity contribution is 5.89. The molecule has 2 fully saturated rings. The van der Waals surface area contributed by atoms with Gasteiger partial charge in [0.1, 0.15) is 11.5 Å². The Kier molecular flexibility index (Phi) is 12.3. The van der Waals surface area contributed by atoms with E-state index in [4.69, 9.17) is 14.2 Å². The first-order valence-electron chi connectivity index (χ1n) is 21.4. The van der Waals surface area contributed by atoms with E-state index >= 15 is 0 Å². The number of imidazole rings is 1. The van der Waals surface area contributed by atoms with Crippen LogP contribution in [0, 0.1) is 5.92 Å². The SMILES string of the molecule is CC1C(CN2CCC(n3c(=O)[nH]c4ccccc43)CC2)OC(c2ccc(-c3cccc(CNC(=O)Nc4ccc(Oc5ccccc5)cc4)c3)cc2)OC1c1ccc(CO)cc1. The van der Waals surface area contributed by atoms with Crippen molar-refractivity contribution in [1.29, 1.82) is 0 Å². The summed E-state index contributed by atoms with van der Waals surface area (Å²) in [6, 6.07) is 49.0. The number of carbonyl (C=O) groups is 1. The first-order valence-corrected chi connectivity index (χ1v) is 21.4. The Morgan fingerprint density at radius 1 is 0.758 bits per heavy atom. The third kappa shape index (κ3) is 9.36. The molecule has 11 heteroatoms. The second-order valence-electron chi connectivity index (χ2n) is 16.2. The average Bonchev–Trinajstić information content (AvgIpc) is 3.66. The number of nitrogens with zero attached hydrogens (tertiary/aromatic N) is 2. The number of para-hydroxylation sites is 3. The highest BCUT2D eigenvalue weighted by atomic mass is 16.7. The minimum absolute atomic E-state index is 0.0148. The molecule has 4 N–H and O–H groups in total. The van der Waals surface area contributed by atoms with Crippen molar-refractivity contribution >= 4 is 22.8 Å². The molecule has 4 unspecified atom stereocenters. The largest absolute Gasteiger partial charge is 0.457 e. The fourth-order valence-corrected chi connectivity index (χ4v) is 8.66. The molecule has 11 nitrogen and oxygen atoms in total. The first-order chi connectivity index (χ1) is 30.4. The van der Waals surface area contributed by atoms with Gasteiger partial charge in [0.05, 0.1) is 29.8 Å². The predicted molar refractivity (Wildman–Crippen MR) is 241 cm³/mol. The monoisotopic (exact) mass is 829 g/mol. The van der Waals surface area contributed by atoms with E-state index < -0.39 is 6.29 Å².